The number of amides is 2. The molecule has 2 aliphatic heterocycles. The van der Waals surface area contributed by atoms with Gasteiger partial charge < -0.3 is 10.2 Å². The Bertz CT molecular complexity index is 833. The summed E-state index contributed by atoms with van der Waals surface area (Å²) < 4.78 is 1.74. The summed E-state index contributed by atoms with van der Waals surface area (Å²) in [6.45, 7) is 0. The van der Waals surface area contributed by atoms with Gasteiger partial charge in [0.05, 0.1) is 17.7 Å². The van der Waals surface area contributed by atoms with E-state index in [0.29, 0.717) is 0 Å². The van der Waals surface area contributed by atoms with Crippen molar-refractivity contribution in [3.05, 3.63) is 47.2 Å². The van der Waals surface area contributed by atoms with Gasteiger partial charge in [0, 0.05) is 37.6 Å². The number of aryl methyl sites for hydroxylation is 1. The molecule has 1 aromatic carbocycles. The lowest BCUT2D eigenvalue weighted by Crippen LogP contribution is -2.30. The molecule has 0 radical (unpaired) electrons. The highest BCUT2D eigenvalue weighted by Crippen LogP contribution is 2.39. The normalized spacial score (nSPS) is 22.3. The molecule has 0 saturated carbocycles. The van der Waals surface area contributed by atoms with Gasteiger partial charge in [-0.2, -0.15) is 16.9 Å². The van der Waals surface area contributed by atoms with Crippen LogP contribution in [0.4, 0.5) is 5.82 Å². The highest BCUT2D eigenvalue weighted by atomic mass is 32.2. The van der Waals surface area contributed by atoms with Gasteiger partial charge in [-0.05, 0) is 5.56 Å². The van der Waals surface area contributed by atoms with E-state index in [1.54, 1.807) is 28.4 Å². The molecule has 6 nitrogen and oxygen atoms in total. The zero-order valence-corrected chi connectivity index (χ0v) is 15.0. The summed E-state index contributed by atoms with van der Waals surface area (Å²) in [6, 6.07) is 9.52. The minimum Gasteiger partial charge on any atom is -0.338 e. The Labute approximate surface area is 150 Å². The van der Waals surface area contributed by atoms with Crippen LogP contribution >= 0.6 is 11.8 Å². The quantitative estimate of drug-likeness (QED) is 0.917. The van der Waals surface area contributed by atoms with Crippen molar-refractivity contribution < 1.29 is 9.59 Å². The summed E-state index contributed by atoms with van der Waals surface area (Å²) in [7, 11) is 3.62. The fourth-order valence-corrected chi connectivity index (χ4v) is 4.75. The second-order valence-electron chi connectivity index (χ2n) is 6.55. The molecule has 2 amide bonds. The predicted molar refractivity (Wildman–Crippen MR) is 96.9 cm³/mol. The third kappa shape index (κ3) is 2.72. The number of benzene rings is 1. The van der Waals surface area contributed by atoms with Crippen molar-refractivity contribution in [3.63, 3.8) is 0 Å². The van der Waals surface area contributed by atoms with Crippen LogP contribution in [0.25, 0.3) is 0 Å². The lowest BCUT2D eigenvalue weighted by molar-refractivity contribution is -0.127. The van der Waals surface area contributed by atoms with Gasteiger partial charge in [0.25, 0.3) is 0 Å². The molecule has 0 aliphatic carbocycles. The average Bonchev–Trinajstić information content (AvgIpc) is 3.25. The molecule has 1 aromatic heterocycles. The predicted octanol–water partition coefficient (Wildman–Crippen LogP) is 2.33. The van der Waals surface area contributed by atoms with E-state index in [9.17, 15) is 9.59 Å². The van der Waals surface area contributed by atoms with Gasteiger partial charge >= 0.3 is 0 Å². The molecule has 1 fully saturated rings. The largest absolute Gasteiger partial charge is 0.338 e. The van der Waals surface area contributed by atoms with Crippen LogP contribution in [0.3, 0.4) is 0 Å². The second kappa shape index (κ2) is 6.22. The molecule has 0 spiro atoms. The maximum Gasteiger partial charge on any atom is 0.231 e. The van der Waals surface area contributed by atoms with Crippen LogP contribution in [0, 0.1) is 5.92 Å². The first-order chi connectivity index (χ1) is 12.1. The fraction of sp³-hybridized carbons (Fsp3) is 0.389. The first-order valence-corrected chi connectivity index (χ1v) is 9.45. The van der Waals surface area contributed by atoms with E-state index in [2.05, 4.69) is 10.4 Å². The summed E-state index contributed by atoms with van der Waals surface area (Å²) in [6.07, 6.45) is 0.233. The summed E-state index contributed by atoms with van der Waals surface area (Å²) in [4.78, 5) is 26.9. The van der Waals surface area contributed by atoms with Crippen molar-refractivity contribution in [1.82, 2.24) is 14.7 Å². The molecule has 2 aliphatic rings. The molecule has 0 unspecified atom stereocenters. The zero-order valence-electron chi connectivity index (χ0n) is 14.2. The second-order valence-corrected chi connectivity index (χ2v) is 7.54. The Morgan fingerprint density at radius 2 is 2.00 bits per heavy atom. The average molecular weight is 356 g/mol. The Balaban J connectivity index is 1.62. The summed E-state index contributed by atoms with van der Waals surface area (Å²) in [5, 5.41) is 7.52. The number of rotatable bonds is 3. The number of hydrogen-bond acceptors (Lipinski definition) is 4. The number of anilines is 1. The van der Waals surface area contributed by atoms with E-state index in [1.807, 2.05) is 37.4 Å². The first-order valence-electron chi connectivity index (χ1n) is 8.30. The van der Waals surface area contributed by atoms with Crippen LogP contribution in [0.15, 0.2) is 30.3 Å². The molecule has 3 heterocycles. The number of carbonyl (C=O) groups excluding carboxylic acids is 2. The fourth-order valence-electron chi connectivity index (χ4n) is 3.72. The summed E-state index contributed by atoms with van der Waals surface area (Å²) in [5.41, 5.74) is 3.14. The third-order valence-corrected chi connectivity index (χ3v) is 5.99. The van der Waals surface area contributed by atoms with Crippen LogP contribution in [-0.4, -0.2) is 33.5 Å². The standard InChI is InChI=1S/C18H20N4O2S/c1-21-15(23)8-12(16(21)11-6-4-3-5-7-11)18(24)19-17-13-9-25-10-14(13)20-22(17)2/h3-7,12,16H,8-10H2,1-2H3,(H,19,24)/t12-,16+/m0/s1. The number of hydrogen-bond donors (Lipinski definition) is 1. The molecule has 25 heavy (non-hydrogen) atoms. The van der Waals surface area contributed by atoms with Crippen molar-refractivity contribution in [2.75, 3.05) is 12.4 Å². The Kier molecular flexibility index (Phi) is 4.03. The van der Waals surface area contributed by atoms with Gasteiger partial charge in [0.1, 0.15) is 5.82 Å². The number of carbonyl (C=O) groups is 2. The number of aromatic nitrogens is 2. The highest BCUT2D eigenvalue weighted by Gasteiger charge is 2.43. The Hall–Kier alpha value is -2.28. The minimum absolute atomic E-state index is 0.000191. The van der Waals surface area contributed by atoms with E-state index >= 15 is 0 Å². The third-order valence-electron chi connectivity index (χ3n) is 5.02. The first kappa shape index (κ1) is 16.2. The number of likely N-dealkylation sites (tertiary alicyclic amines) is 1. The molecular weight excluding hydrogens is 336 g/mol. The van der Waals surface area contributed by atoms with Crippen LogP contribution in [0.1, 0.15) is 29.3 Å². The Morgan fingerprint density at radius 1 is 1.24 bits per heavy atom. The SMILES string of the molecule is CN1C(=O)C[C@H](C(=O)Nc2c3c(nn2C)CSC3)[C@H]1c1ccccc1. The number of nitrogens with zero attached hydrogens (tertiary/aromatic N) is 3. The minimum atomic E-state index is -0.403. The monoisotopic (exact) mass is 356 g/mol. The molecule has 4 rings (SSSR count). The van der Waals surface area contributed by atoms with Gasteiger partial charge in [-0.15, -0.1) is 0 Å². The zero-order chi connectivity index (χ0) is 17.6. The highest BCUT2D eigenvalue weighted by molar-refractivity contribution is 7.98. The molecule has 7 heteroatoms. The van der Waals surface area contributed by atoms with Crippen molar-refractivity contribution in [2.45, 2.75) is 24.0 Å². The molecule has 2 atom stereocenters. The van der Waals surface area contributed by atoms with Crippen LogP contribution in [0.2, 0.25) is 0 Å². The van der Waals surface area contributed by atoms with Gasteiger partial charge in [-0.1, -0.05) is 30.3 Å². The Morgan fingerprint density at radius 3 is 2.76 bits per heavy atom. The van der Waals surface area contributed by atoms with E-state index < -0.39 is 5.92 Å². The summed E-state index contributed by atoms with van der Waals surface area (Å²) >= 11 is 1.80. The summed E-state index contributed by atoms with van der Waals surface area (Å²) in [5.74, 6) is 1.99. The van der Waals surface area contributed by atoms with Crippen molar-refractivity contribution in [3.8, 4) is 0 Å². The van der Waals surface area contributed by atoms with E-state index in [-0.39, 0.29) is 24.3 Å². The van der Waals surface area contributed by atoms with Gasteiger partial charge in [0.15, 0.2) is 0 Å². The number of thioether (sulfide) groups is 1. The molecule has 1 saturated heterocycles. The maximum atomic E-state index is 13.0. The molecule has 130 valence electrons. The van der Waals surface area contributed by atoms with E-state index in [1.165, 1.54) is 0 Å². The van der Waals surface area contributed by atoms with E-state index in [0.717, 1.165) is 34.1 Å². The molecular formula is C18H20N4O2S. The topological polar surface area (TPSA) is 67.2 Å². The van der Waals surface area contributed by atoms with Crippen molar-refractivity contribution in [1.29, 1.82) is 0 Å². The number of fused-ring (bicyclic) bond motifs is 1. The van der Waals surface area contributed by atoms with Gasteiger partial charge in [0.2, 0.25) is 11.8 Å². The smallest absolute Gasteiger partial charge is 0.231 e. The lowest BCUT2D eigenvalue weighted by atomic mass is 9.93. The van der Waals surface area contributed by atoms with Gasteiger partial charge in [-0.25, -0.2) is 0 Å². The molecule has 0 bridgehead atoms. The van der Waals surface area contributed by atoms with Gasteiger partial charge in [-0.3, -0.25) is 14.3 Å². The molecule has 2 aromatic rings. The van der Waals surface area contributed by atoms with Crippen molar-refractivity contribution in [2.24, 2.45) is 13.0 Å². The van der Waals surface area contributed by atoms with Crippen LogP contribution < -0.4 is 5.32 Å². The van der Waals surface area contributed by atoms with Crippen LogP contribution in [-0.2, 0) is 28.1 Å². The van der Waals surface area contributed by atoms with Crippen LogP contribution in [0.5, 0.6) is 0 Å². The maximum absolute atomic E-state index is 13.0. The van der Waals surface area contributed by atoms with E-state index in [4.69, 9.17) is 0 Å². The van der Waals surface area contributed by atoms with Crippen molar-refractivity contribution >= 4 is 29.4 Å². The number of nitrogens with one attached hydrogen (secondary N) is 1. The lowest BCUT2D eigenvalue weighted by Gasteiger charge is -2.25. The molecule has 1 N–H and O–H groups in total.